The molecule has 0 atom stereocenters. The molecule has 2 N–H and O–H groups in total. The predicted octanol–water partition coefficient (Wildman–Crippen LogP) is 2.83. The van der Waals surface area contributed by atoms with E-state index in [2.05, 4.69) is 22.6 Å². The number of ether oxygens (including phenoxy) is 1. The highest BCUT2D eigenvalue weighted by atomic mass is 127. The lowest BCUT2D eigenvalue weighted by Gasteiger charge is -2.19. The minimum absolute atomic E-state index is 0.340. The maximum Gasteiger partial charge on any atom is 0.338 e. The monoisotopic (exact) mass is 319 g/mol. The summed E-state index contributed by atoms with van der Waals surface area (Å²) < 4.78 is 6.16. The van der Waals surface area contributed by atoms with Gasteiger partial charge in [-0.05, 0) is 61.6 Å². The average Bonchev–Trinajstić information content (AvgIpc) is 1.98. The topological polar surface area (TPSA) is 52.3 Å². The van der Waals surface area contributed by atoms with Gasteiger partial charge in [-0.1, -0.05) is 0 Å². The molecule has 0 fully saturated rings. The van der Waals surface area contributed by atoms with Crippen LogP contribution in [-0.4, -0.2) is 11.6 Å². The molecule has 0 bridgehead atoms. The fourth-order valence-corrected chi connectivity index (χ4v) is 1.76. The molecule has 1 aromatic rings. The summed E-state index contributed by atoms with van der Waals surface area (Å²) in [5.41, 5.74) is 6.24. The maximum absolute atomic E-state index is 11.7. The normalized spacial score (nSPS) is 11.2. The summed E-state index contributed by atoms with van der Waals surface area (Å²) in [4.78, 5) is 11.7. The first-order valence-corrected chi connectivity index (χ1v) is 5.65. The molecule has 82 valence electrons. The van der Waals surface area contributed by atoms with Gasteiger partial charge >= 0.3 is 5.97 Å². The Morgan fingerprint density at radius 1 is 1.33 bits per heavy atom. The first-order valence-electron chi connectivity index (χ1n) is 4.57. The summed E-state index contributed by atoms with van der Waals surface area (Å²) in [7, 11) is 0. The van der Waals surface area contributed by atoms with E-state index in [0.29, 0.717) is 11.3 Å². The van der Waals surface area contributed by atoms with Gasteiger partial charge in [-0.15, -0.1) is 0 Å². The zero-order valence-corrected chi connectivity index (χ0v) is 11.2. The number of nitrogen functional groups attached to an aromatic ring is 1. The van der Waals surface area contributed by atoms with Crippen molar-refractivity contribution in [3.8, 4) is 0 Å². The zero-order valence-electron chi connectivity index (χ0n) is 9.00. The highest BCUT2D eigenvalue weighted by Gasteiger charge is 2.18. The number of carbonyl (C=O) groups excluding carboxylic acids is 1. The van der Waals surface area contributed by atoms with Crippen molar-refractivity contribution < 1.29 is 9.53 Å². The number of halogens is 1. The lowest BCUT2D eigenvalue weighted by atomic mass is 10.1. The van der Waals surface area contributed by atoms with Gasteiger partial charge in [-0.3, -0.25) is 0 Å². The van der Waals surface area contributed by atoms with Crippen molar-refractivity contribution >= 4 is 34.2 Å². The van der Waals surface area contributed by atoms with Gasteiger partial charge in [0.15, 0.2) is 0 Å². The second-order valence-electron chi connectivity index (χ2n) is 4.28. The molecule has 0 aliphatic rings. The van der Waals surface area contributed by atoms with Crippen molar-refractivity contribution in [3.63, 3.8) is 0 Å². The Bertz CT molecular complexity index is 362. The molecule has 0 heterocycles. The van der Waals surface area contributed by atoms with E-state index in [4.69, 9.17) is 10.5 Å². The molecule has 0 spiro atoms. The van der Waals surface area contributed by atoms with E-state index in [1.165, 1.54) is 0 Å². The molecule has 0 aliphatic heterocycles. The second-order valence-corrected chi connectivity index (χ2v) is 5.52. The van der Waals surface area contributed by atoms with Gasteiger partial charge in [-0.2, -0.15) is 0 Å². The van der Waals surface area contributed by atoms with Crippen molar-refractivity contribution in [2.24, 2.45) is 0 Å². The molecule has 3 nitrogen and oxygen atoms in total. The maximum atomic E-state index is 11.7. The number of hydrogen-bond acceptors (Lipinski definition) is 3. The van der Waals surface area contributed by atoms with Crippen LogP contribution in [0.25, 0.3) is 0 Å². The lowest BCUT2D eigenvalue weighted by molar-refractivity contribution is 0.00695. The third-order valence-electron chi connectivity index (χ3n) is 1.55. The van der Waals surface area contributed by atoms with Crippen LogP contribution in [0.5, 0.6) is 0 Å². The fraction of sp³-hybridized carbons (Fsp3) is 0.364. The first-order chi connectivity index (χ1) is 6.78. The number of anilines is 1. The number of benzene rings is 1. The smallest absolute Gasteiger partial charge is 0.338 e. The van der Waals surface area contributed by atoms with Crippen LogP contribution in [0.15, 0.2) is 18.2 Å². The Morgan fingerprint density at radius 2 is 1.93 bits per heavy atom. The van der Waals surface area contributed by atoms with Crippen LogP contribution in [0, 0.1) is 3.57 Å². The molecule has 0 saturated heterocycles. The molecule has 0 amide bonds. The van der Waals surface area contributed by atoms with E-state index in [1.807, 2.05) is 20.8 Å². The van der Waals surface area contributed by atoms with Crippen LogP contribution in [0.4, 0.5) is 5.69 Å². The molecule has 0 unspecified atom stereocenters. The van der Waals surface area contributed by atoms with Crippen LogP contribution in [-0.2, 0) is 4.74 Å². The standard InChI is InChI=1S/C11H14INO2/c1-11(2,3)15-10(14)7-4-8(12)6-9(13)5-7/h4-6H,13H2,1-3H3. The van der Waals surface area contributed by atoms with Gasteiger partial charge in [0, 0.05) is 9.26 Å². The third-order valence-corrected chi connectivity index (χ3v) is 2.18. The van der Waals surface area contributed by atoms with E-state index in [0.717, 1.165) is 3.57 Å². The summed E-state index contributed by atoms with van der Waals surface area (Å²) in [6, 6.07) is 5.18. The van der Waals surface area contributed by atoms with Gasteiger partial charge in [0.05, 0.1) is 5.56 Å². The van der Waals surface area contributed by atoms with E-state index in [-0.39, 0.29) is 5.97 Å². The quantitative estimate of drug-likeness (QED) is 0.492. The molecule has 0 radical (unpaired) electrons. The SMILES string of the molecule is CC(C)(C)OC(=O)c1cc(N)cc(I)c1. The average molecular weight is 319 g/mol. The van der Waals surface area contributed by atoms with Crippen LogP contribution < -0.4 is 5.73 Å². The molecule has 0 aromatic heterocycles. The number of esters is 1. The summed E-state index contributed by atoms with van der Waals surface area (Å²) >= 11 is 2.11. The summed E-state index contributed by atoms with van der Waals surface area (Å²) in [5.74, 6) is -0.340. The van der Waals surface area contributed by atoms with Gasteiger partial charge in [0.1, 0.15) is 5.60 Å². The van der Waals surface area contributed by atoms with Crippen molar-refractivity contribution in [3.05, 3.63) is 27.3 Å². The number of carbonyl (C=O) groups is 1. The van der Waals surface area contributed by atoms with Gasteiger partial charge in [0.25, 0.3) is 0 Å². The van der Waals surface area contributed by atoms with Crippen LogP contribution in [0.3, 0.4) is 0 Å². The Balaban J connectivity index is 2.92. The summed E-state index contributed by atoms with van der Waals surface area (Å²) in [6.07, 6.45) is 0. The van der Waals surface area contributed by atoms with Crippen molar-refractivity contribution in [1.82, 2.24) is 0 Å². The Hall–Kier alpha value is -0.780. The minimum Gasteiger partial charge on any atom is -0.456 e. The summed E-state index contributed by atoms with van der Waals surface area (Å²) in [5, 5.41) is 0. The minimum atomic E-state index is -0.479. The molecule has 1 rings (SSSR count). The molecular formula is C11H14INO2. The van der Waals surface area contributed by atoms with Gasteiger partial charge in [-0.25, -0.2) is 4.79 Å². The molecule has 15 heavy (non-hydrogen) atoms. The van der Waals surface area contributed by atoms with Crippen LogP contribution in [0.1, 0.15) is 31.1 Å². The third kappa shape index (κ3) is 4.07. The van der Waals surface area contributed by atoms with Crippen LogP contribution >= 0.6 is 22.6 Å². The first kappa shape index (κ1) is 12.3. The Morgan fingerprint density at radius 3 is 2.40 bits per heavy atom. The lowest BCUT2D eigenvalue weighted by Crippen LogP contribution is -2.24. The Kier molecular flexibility index (Phi) is 3.59. The van der Waals surface area contributed by atoms with Crippen LogP contribution in [0.2, 0.25) is 0 Å². The van der Waals surface area contributed by atoms with Gasteiger partial charge in [0.2, 0.25) is 0 Å². The summed E-state index contributed by atoms with van der Waals surface area (Å²) in [6.45, 7) is 5.51. The Labute approximate surface area is 103 Å². The fourth-order valence-electron chi connectivity index (χ4n) is 1.07. The zero-order chi connectivity index (χ0) is 11.6. The molecule has 4 heteroatoms. The van der Waals surface area contributed by atoms with E-state index < -0.39 is 5.60 Å². The van der Waals surface area contributed by atoms with E-state index in [1.54, 1.807) is 18.2 Å². The van der Waals surface area contributed by atoms with E-state index >= 15 is 0 Å². The molecule has 1 aromatic carbocycles. The molecule has 0 saturated carbocycles. The van der Waals surface area contributed by atoms with Crippen molar-refractivity contribution in [1.29, 1.82) is 0 Å². The molecular weight excluding hydrogens is 305 g/mol. The highest BCUT2D eigenvalue weighted by Crippen LogP contribution is 2.17. The second kappa shape index (κ2) is 4.38. The molecule has 0 aliphatic carbocycles. The highest BCUT2D eigenvalue weighted by molar-refractivity contribution is 14.1. The van der Waals surface area contributed by atoms with Crippen molar-refractivity contribution in [2.75, 3.05) is 5.73 Å². The predicted molar refractivity (Wildman–Crippen MR) is 68.7 cm³/mol. The number of nitrogens with two attached hydrogens (primary N) is 1. The number of rotatable bonds is 1. The van der Waals surface area contributed by atoms with Gasteiger partial charge < -0.3 is 10.5 Å². The van der Waals surface area contributed by atoms with Crippen molar-refractivity contribution in [2.45, 2.75) is 26.4 Å². The largest absolute Gasteiger partial charge is 0.456 e. The number of hydrogen-bond donors (Lipinski definition) is 1. The van der Waals surface area contributed by atoms with E-state index in [9.17, 15) is 4.79 Å².